The maximum atomic E-state index is 12.8. The second kappa shape index (κ2) is 9.72. The summed E-state index contributed by atoms with van der Waals surface area (Å²) in [6.07, 6.45) is 3.47. The number of fused-ring (bicyclic) bond motifs is 3. The van der Waals surface area contributed by atoms with Crippen molar-refractivity contribution in [1.82, 2.24) is 19.3 Å². The number of nitrogens with two attached hydrogens (primary N) is 1. The van der Waals surface area contributed by atoms with Crippen molar-refractivity contribution < 1.29 is 14.3 Å². The van der Waals surface area contributed by atoms with Crippen molar-refractivity contribution in [2.24, 2.45) is 5.73 Å². The largest absolute Gasteiger partial charge is 0.378 e. The summed E-state index contributed by atoms with van der Waals surface area (Å²) in [5, 5.41) is 1.44. The number of ether oxygens (including phenoxy) is 1. The molecular formula is C28H21Cl2N5O3. The Morgan fingerprint density at radius 2 is 1.66 bits per heavy atom. The molecule has 0 atom stereocenters. The lowest BCUT2D eigenvalue weighted by Gasteiger charge is -2.26. The fraction of sp³-hybridized carbons (Fsp3) is 0.143. The lowest BCUT2D eigenvalue weighted by atomic mass is 10.0. The topological polar surface area (TPSA) is 103 Å². The molecule has 6 rings (SSSR count). The Bertz CT molecular complexity index is 1710. The maximum absolute atomic E-state index is 12.8. The molecule has 0 radical (unpaired) electrons. The Hall–Kier alpha value is -3.98. The molecule has 3 aromatic heterocycles. The number of morpholine rings is 1. The molecule has 1 fully saturated rings. The third-order valence-electron chi connectivity index (χ3n) is 6.65. The highest BCUT2D eigenvalue weighted by atomic mass is 35.5. The predicted molar refractivity (Wildman–Crippen MR) is 147 cm³/mol. The number of pyridine rings is 2. The molecule has 5 aromatic rings. The first-order valence-corrected chi connectivity index (χ1v) is 12.7. The van der Waals surface area contributed by atoms with Crippen LogP contribution in [0.3, 0.4) is 0 Å². The van der Waals surface area contributed by atoms with E-state index in [0.717, 1.165) is 16.5 Å². The number of carbonyl (C=O) groups is 2. The van der Waals surface area contributed by atoms with E-state index in [1.54, 1.807) is 46.0 Å². The van der Waals surface area contributed by atoms with Gasteiger partial charge in [0.15, 0.2) is 0 Å². The summed E-state index contributed by atoms with van der Waals surface area (Å²) in [5.74, 6) is -0.673. The molecule has 10 heteroatoms. The number of imidazole rings is 1. The van der Waals surface area contributed by atoms with Gasteiger partial charge in [-0.25, -0.2) is 4.98 Å². The number of amides is 2. The average Bonchev–Trinajstić information content (AvgIpc) is 3.33. The normalized spacial score (nSPS) is 13.8. The predicted octanol–water partition coefficient (Wildman–Crippen LogP) is 5.09. The van der Waals surface area contributed by atoms with E-state index in [0.29, 0.717) is 64.3 Å². The SMILES string of the molecule is NC(=O)c1c(-c2c(Cl)cccc2Cl)nc2c3cc(-c4ccc(C(=O)N5CCOCC5)cc4)cnc3ccn12. The first kappa shape index (κ1) is 24.4. The van der Waals surface area contributed by atoms with Gasteiger partial charge in [0.1, 0.15) is 17.0 Å². The molecule has 2 N–H and O–H groups in total. The van der Waals surface area contributed by atoms with Crippen LogP contribution in [-0.2, 0) is 4.74 Å². The monoisotopic (exact) mass is 545 g/mol. The van der Waals surface area contributed by atoms with Gasteiger partial charge in [0.05, 0.1) is 28.8 Å². The van der Waals surface area contributed by atoms with Gasteiger partial charge in [-0.2, -0.15) is 0 Å². The molecule has 1 aliphatic rings. The van der Waals surface area contributed by atoms with Gasteiger partial charge in [-0.3, -0.25) is 19.0 Å². The Morgan fingerprint density at radius 1 is 0.947 bits per heavy atom. The standard InChI is InChI=1S/C28H21Cl2N5O3/c29-20-2-1-3-21(30)23(20)24-25(26(31)36)35-9-8-22-19(27(35)33-24)14-18(15-32-22)16-4-6-17(7-5-16)28(37)34-10-12-38-13-11-34/h1-9,14-15H,10-13H2,(H2,31,36). The number of benzene rings is 2. The van der Waals surface area contributed by atoms with Gasteiger partial charge >= 0.3 is 0 Å². The van der Waals surface area contributed by atoms with Gasteiger partial charge in [-0.05, 0) is 42.0 Å². The molecule has 4 heterocycles. The molecule has 0 bridgehead atoms. The van der Waals surface area contributed by atoms with Crippen LogP contribution < -0.4 is 5.73 Å². The number of aromatic nitrogens is 3. The van der Waals surface area contributed by atoms with Gasteiger partial charge in [-0.1, -0.05) is 41.4 Å². The summed E-state index contributed by atoms with van der Waals surface area (Å²) >= 11 is 12.9. The van der Waals surface area contributed by atoms with Gasteiger partial charge < -0.3 is 15.4 Å². The number of nitrogens with zero attached hydrogens (tertiary/aromatic N) is 4. The second-order valence-corrected chi connectivity index (χ2v) is 9.73. The van der Waals surface area contributed by atoms with Crippen molar-refractivity contribution in [1.29, 1.82) is 0 Å². The summed E-state index contributed by atoms with van der Waals surface area (Å²) < 4.78 is 6.97. The van der Waals surface area contributed by atoms with Crippen LogP contribution in [0.25, 0.3) is 38.9 Å². The molecule has 0 aliphatic carbocycles. The van der Waals surface area contributed by atoms with Crippen LogP contribution in [0.1, 0.15) is 20.8 Å². The zero-order chi connectivity index (χ0) is 26.4. The molecule has 2 amide bonds. The van der Waals surface area contributed by atoms with E-state index >= 15 is 0 Å². The lowest BCUT2D eigenvalue weighted by molar-refractivity contribution is 0.0303. The molecule has 2 aromatic carbocycles. The van der Waals surface area contributed by atoms with Crippen LogP contribution in [0.15, 0.2) is 67.0 Å². The van der Waals surface area contributed by atoms with Crippen molar-refractivity contribution in [3.05, 3.63) is 88.3 Å². The summed E-state index contributed by atoms with van der Waals surface area (Å²) in [4.78, 5) is 36.5. The Labute approximate surface area is 227 Å². The molecule has 1 aliphatic heterocycles. The molecule has 190 valence electrons. The number of carbonyl (C=O) groups excluding carboxylic acids is 2. The molecule has 0 unspecified atom stereocenters. The van der Waals surface area contributed by atoms with Crippen molar-refractivity contribution in [3.63, 3.8) is 0 Å². The minimum Gasteiger partial charge on any atom is -0.378 e. The number of primary amides is 1. The maximum Gasteiger partial charge on any atom is 0.268 e. The summed E-state index contributed by atoms with van der Waals surface area (Å²) in [6.45, 7) is 2.28. The van der Waals surface area contributed by atoms with Gasteiger partial charge in [-0.15, -0.1) is 0 Å². The second-order valence-electron chi connectivity index (χ2n) is 8.92. The fourth-order valence-electron chi connectivity index (χ4n) is 4.75. The minimum absolute atomic E-state index is 0.0136. The van der Waals surface area contributed by atoms with E-state index in [-0.39, 0.29) is 11.6 Å². The van der Waals surface area contributed by atoms with E-state index < -0.39 is 5.91 Å². The zero-order valence-electron chi connectivity index (χ0n) is 20.0. The third-order valence-corrected chi connectivity index (χ3v) is 7.28. The molecule has 0 spiro atoms. The van der Waals surface area contributed by atoms with E-state index in [2.05, 4.69) is 4.98 Å². The Kier molecular flexibility index (Phi) is 6.23. The minimum atomic E-state index is -0.660. The van der Waals surface area contributed by atoms with Crippen molar-refractivity contribution in [2.75, 3.05) is 26.3 Å². The van der Waals surface area contributed by atoms with E-state index in [4.69, 9.17) is 38.7 Å². The van der Waals surface area contributed by atoms with Crippen molar-refractivity contribution >= 4 is 51.6 Å². The van der Waals surface area contributed by atoms with Gasteiger partial charge in [0.2, 0.25) is 0 Å². The highest BCUT2D eigenvalue weighted by Crippen LogP contribution is 2.37. The molecule has 8 nitrogen and oxygen atoms in total. The number of halogens is 2. The smallest absolute Gasteiger partial charge is 0.268 e. The third kappa shape index (κ3) is 4.16. The molecule has 1 saturated heterocycles. The Morgan fingerprint density at radius 3 is 2.34 bits per heavy atom. The molecule has 0 saturated carbocycles. The van der Waals surface area contributed by atoms with E-state index in [1.165, 1.54) is 0 Å². The highest BCUT2D eigenvalue weighted by Gasteiger charge is 2.24. The number of rotatable bonds is 4. The van der Waals surface area contributed by atoms with E-state index in [1.807, 2.05) is 30.3 Å². The summed E-state index contributed by atoms with van der Waals surface area (Å²) in [5.41, 5.74) is 10.2. The summed E-state index contributed by atoms with van der Waals surface area (Å²) in [6, 6.07) is 16.3. The van der Waals surface area contributed by atoms with Crippen LogP contribution >= 0.6 is 23.2 Å². The van der Waals surface area contributed by atoms with Crippen LogP contribution in [-0.4, -0.2) is 57.4 Å². The van der Waals surface area contributed by atoms with Crippen LogP contribution in [0.2, 0.25) is 10.0 Å². The average molecular weight is 546 g/mol. The Balaban J connectivity index is 1.45. The zero-order valence-corrected chi connectivity index (χ0v) is 21.5. The number of hydrogen-bond acceptors (Lipinski definition) is 5. The molecule has 38 heavy (non-hydrogen) atoms. The van der Waals surface area contributed by atoms with Crippen LogP contribution in [0, 0.1) is 0 Å². The van der Waals surface area contributed by atoms with Gasteiger partial charge in [0.25, 0.3) is 11.8 Å². The fourth-order valence-corrected chi connectivity index (χ4v) is 5.32. The van der Waals surface area contributed by atoms with Crippen molar-refractivity contribution in [2.45, 2.75) is 0 Å². The van der Waals surface area contributed by atoms with Crippen LogP contribution in [0.5, 0.6) is 0 Å². The quantitative estimate of drug-likeness (QED) is 0.338. The van der Waals surface area contributed by atoms with Gasteiger partial charge in [0, 0.05) is 47.6 Å². The van der Waals surface area contributed by atoms with Crippen LogP contribution in [0.4, 0.5) is 0 Å². The first-order valence-electron chi connectivity index (χ1n) is 11.9. The van der Waals surface area contributed by atoms with Crippen molar-refractivity contribution in [3.8, 4) is 22.4 Å². The number of hydrogen-bond donors (Lipinski definition) is 1. The lowest BCUT2D eigenvalue weighted by Crippen LogP contribution is -2.40. The summed E-state index contributed by atoms with van der Waals surface area (Å²) in [7, 11) is 0. The highest BCUT2D eigenvalue weighted by molar-refractivity contribution is 6.39. The molecular weight excluding hydrogens is 525 g/mol. The first-order chi connectivity index (χ1) is 18.4. The van der Waals surface area contributed by atoms with E-state index in [9.17, 15) is 9.59 Å².